The summed E-state index contributed by atoms with van der Waals surface area (Å²) < 4.78 is 0. The highest BCUT2D eigenvalue weighted by atomic mass is 16.1. The van der Waals surface area contributed by atoms with Crippen LogP contribution < -0.4 is 5.43 Å². The summed E-state index contributed by atoms with van der Waals surface area (Å²) in [6.07, 6.45) is 1.54. The Balaban J connectivity index is 1.92. The molecule has 2 heterocycles. The molecule has 0 amide bonds. The van der Waals surface area contributed by atoms with Gasteiger partial charge >= 0.3 is 0 Å². The van der Waals surface area contributed by atoms with Crippen LogP contribution in [0.5, 0.6) is 0 Å². The lowest BCUT2D eigenvalue weighted by Gasteiger charge is -2.13. The van der Waals surface area contributed by atoms with Gasteiger partial charge in [-0.3, -0.25) is 9.78 Å². The van der Waals surface area contributed by atoms with Crippen molar-refractivity contribution in [3.8, 4) is 22.5 Å². The Kier molecular flexibility index (Phi) is 3.54. The molecule has 5 aromatic rings. The number of fused-ring (bicyclic) bond motifs is 3. The quantitative estimate of drug-likeness (QED) is 0.466. The zero-order valence-electron chi connectivity index (χ0n) is 14.4. The molecule has 2 aromatic heterocycles. The third-order valence-electron chi connectivity index (χ3n) is 4.68. The molecule has 4 nitrogen and oxygen atoms in total. The van der Waals surface area contributed by atoms with Crippen LogP contribution in [-0.4, -0.2) is 15.0 Å². The molecule has 0 fully saturated rings. The van der Waals surface area contributed by atoms with Gasteiger partial charge in [0.2, 0.25) is 0 Å². The van der Waals surface area contributed by atoms with Crippen LogP contribution in [0.3, 0.4) is 0 Å². The van der Waals surface area contributed by atoms with Crippen molar-refractivity contribution < 1.29 is 0 Å². The van der Waals surface area contributed by atoms with Crippen molar-refractivity contribution in [1.29, 1.82) is 0 Å². The predicted octanol–water partition coefficient (Wildman–Crippen LogP) is 4.81. The van der Waals surface area contributed by atoms with Crippen LogP contribution in [0.25, 0.3) is 44.5 Å². The Morgan fingerprint density at radius 2 is 1.41 bits per heavy atom. The second kappa shape index (κ2) is 6.18. The first kappa shape index (κ1) is 15.5. The maximum atomic E-state index is 12.2. The third-order valence-corrected chi connectivity index (χ3v) is 4.68. The van der Waals surface area contributed by atoms with Gasteiger partial charge in [0, 0.05) is 28.8 Å². The molecule has 0 aliphatic rings. The summed E-state index contributed by atoms with van der Waals surface area (Å²) in [4.78, 5) is 25.1. The molecule has 1 N–H and O–H groups in total. The fourth-order valence-electron chi connectivity index (χ4n) is 3.37. The molecule has 128 valence electrons. The van der Waals surface area contributed by atoms with Gasteiger partial charge in [0.25, 0.3) is 0 Å². The third kappa shape index (κ3) is 2.59. The number of benzene rings is 3. The van der Waals surface area contributed by atoms with E-state index in [0.29, 0.717) is 16.4 Å². The minimum absolute atomic E-state index is 0.0444. The average Bonchev–Trinajstić information content (AvgIpc) is 2.74. The number of aromatic amines is 1. The van der Waals surface area contributed by atoms with Crippen molar-refractivity contribution in [2.75, 3.05) is 0 Å². The first-order valence-corrected chi connectivity index (χ1v) is 8.74. The van der Waals surface area contributed by atoms with Gasteiger partial charge in [-0.05, 0) is 12.1 Å². The van der Waals surface area contributed by atoms with Gasteiger partial charge in [-0.2, -0.15) is 0 Å². The fraction of sp³-hybridized carbons (Fsp3) is 0. The van der Waals surface area contributed by atoms with Crippen molar-refractivity contribution >= 4 is 21.9 Å². The van der Waals surface area contributed by atoms with Gasteiger partial charge in [-0.15, -0.1) is 0 Å². The Morgan fingerprint density at radius 3 is 2.15 bits per heavy atom. The van der Waals surface area contributed by atoms with E-state index >= 15 is 0 Å². The second-order valence-electron chi connectivity index (χ2n) is 6.36. The van der Waals surface area contributed by atoms with Crippen molar-refractivity contribution in [2.45, 2.75) is 0 Å². The topological polar surface area (TPSA) is 58.6 Å². The highest BCUT2D eigenvalue weighted by Crippen LogP contribution is 2.32. The van der Waals surface area contributed by atoms with Crippen LogP contribution >= 0.6 is 0 Å². The Hall–Kier alpha value is -3.79. The lowest BCUT2D eigenvalue weighted by atomic mass is 10.0. The summed E-state index contributed by atoms with van der Waals surface area (Å²) in [5, 5.41) is 0.581. The lowest BCUT2D eigenvalue weighted by Crippen LogP contribution is -2.02. The first-order chi connectivity index (χ1) is 13.3. The number of nitrogens with one attached hydrogen (secondary N) is 1. The van der Waals surface area contributed by atoms with E-state index in [4.69, 9.17) is 4.98 Å². The van der Waals surface area contributed by atoms with Gasteiger partial charge in [0.15, 0.2) is 5.43 Å². The highest BCUT2D eigenvalue weighted by Gasteiger charge is 2.14. The number of H-pyrrole nitrogens is 1. The molecule has 0 unspecified atom stereocenters. The van der Waals surface area contributed by atoms with E-state index in [1.54, 1.807) is 6.20 Å². The molecule has 0 spiro atoms. The molecule has 0 bridgehead atoms. The van der Waals surface area contributed by atoms with Gasteiger partial charge in [-0.25, -0.2) is 4.98 Å². The van der Waals surface area contributed by atoms with E-state index in [1.165, 1.54) is 6.07 Å². The molecule has 0 aliphatic heterocycles. The highest BCUT2D eigenvalue weighted by molar-refractivity contribution is 6.02. The molecule has 0 radical (unpaired) electrons. The Labute approximate surface area is 155 Å². The van der Waals surface area contributed by atoms with Gasteiger partial charge in [0.05, 0.1) is 16.9 Å². The molecule has 0 saturated heterocycles. The van der Waals surface area contributed by atoms with E-state index in [0.717, 1.165) is 28.0 Å². The summed E-state index contributed by atoms with van der Waals surface area (Å²) in [5.74, 6) is 0. The maximum Gasteiger partial charge on any atom is 0.189 e. The number of hydrogen-bond acceptors (Lipinski definition) is 3. The normalized spacial score (nSPS) is 11.1. The largest absolute Gasteiger partial charge is 0.351 e. The SMILES string of the molecule is O=c1ccnc2c1ccc1[nH]c(-c3ccccc3)c(-c3ccccc3)nc12. The summed E-state index contributed by atoms with van der Waals surface area (Å²) in [6.45, 7) is 0. The number of hydrogen-bond donors (Lipinski definition) is 1. The minimum Gasteiger partial charge on any atom is -0.351 e. The molecular weight excluding hydrogens is 334 g/mol. The molecule has 0 saturated carbocycles. The Morgan fingerprint density at radius 1 is 0.704 bits per heavy atom. The van der Waals surface area contributed by atoms with E-state index in [-0.39, 0.29) is 5.43 Å². The van der Waals surface area contributed by atoms with Crippen molar-refractivity contribution in [2.24, 2.45) is 0 Å². The summed E-state index contributed by atoms with van der Waals surface area (Å²) in [6, 6.07) is 25.3. The van der Waals surface area contributed by atoms with Crippen LogP contribution in [0.15, 0.2) is 89.9 Å². The lowest BCUT2D eigenvalue weighted by molar-refractivity contribution is 1.29. The van der Waals surface area contributed by atoms with E-state index < -0.39 is 0 Å². The Bertz CT molecular complexity index is 1330. The van der Waals surface area contributed by atoms with Crippen LogP contribution in [0, 0.1) is 0 Å². The number of rotatable bonds is 2. The predicted molar refractivity (Wildman–Crippen MR) is 109 cm³/mol. The zero-order valence-corrected chi connectivity index (χ0v) is 14.4. The van der Waals surface area contributed by atoms with Crippen molar-refractivity contribution in [3.05, 3.63) is 95.3 Å². The van der Waals surface area contributed by atoms with Crippen LogP contribution in [-0.2, 0) is 0 Å². The number of nitrogens with zero attached hydrogens (tertiary/aromatic N) is 2. The van der Waals surface area contributed by atoms with Crippen LogP contribution in [0.4, 0.5) is 0 Å². The molecule has 27 heavy (non-hydrogen) atoms. The summed E-state index contributed by atoms with van der Waals surface area (Å²) in [5.41, 5.74) is 5.95. The second-order valence-corrected chi connectivity index (χ2v) is 6.36. The van der Waals surface area contributed by atoms with Gasteiger partial charge < -0.3 is 4.98 Å². The van der Waals surface area contributed by atoms with Crippen molar-refractivity contribution in [3.63, 3.8) is 0 Å². The first-order valence-electron chi connectivity index (χ1n) is 8.74. The van der Waals surface area contributed by atoms with Crippen LogP contribution in [0.2, 0.25) is 0 Å². The molecule has 4 heteroatoms. The molecule has 5 rings (SSSR count). The van der Waals surface area contributed by atoms with Gasteiger partial charge in [0.1, 0.15) is 11.0 Å². The number of aromatic nitrogens is 3. The molecule has 0 atom stereocenters. The van der Waals surface area contributed by atoms with E-state index in [9.17, 15) is 4.79 Å². The minimum atomic E-state index is -0.0444. The molecule has 0 aliphatic carbocycles. The van der Waals surface area contributed by atoms with Crippen molar-refractivity contribution in [1.82, 2.24) is 15.0 Å². The summed E-state index contributed by atoms with van der Waals surface area (Å²) in [7, 11) is 0. The average molecular weight is 349 g/mol. The van der Waals surface area contributed by atoms with Gasteiger partial charge in [-0.1, -0.05) is 60.7 Å². The standard InChI is InChI=1S/C23H15N3O/c27-19-13-14-24-22-17(19)11-12-18-23(22)26-21(16-9-5-2-6-10-16)20(25-18)15-7-3-1-4-8-15/h1-14,25H. The zero-order chi connectivity index (χ0) is 18.2. The molecular formula is C23H15N3O. The van der Waals surface area contributed by atoms with Crippen LogP contribution in [0.1, 0.15) is 0 Å². The smallest absolute Gasteiger partial charge is 0.189 e. The fourth-order valence-corrected chi connectivity index (χ4v) is 3.37. The molecule has 3 aromatic carbocycles. The monoisotopic (exact) mass is 349 g/mol. The maximum absolute atomic E-state index is 12.2. The van der Waals surface area contributed by atoms with E-state index in [1.807, 2.05) is 60.7 Å². The summed E-state index contributed by atoms with van der Waals surface area (Å²) >= 11 is 0. The number of pyridine rings is 1. The van der Waals surface area contributed by atoms with E-state index in [2.05, 4.69) is 22.1 Å².